The van der Waals surface area contributed by atoms with Crippen molar-refractivity contribution in [2.75, 3.05) is 0 Å². The second-order valence-corrected chi connectivity index (χ2v) is 4.18. The lowest BCUT2D eigenvalue weighted by Crippen LogP contribution is -2.32. The minimum absolute atomic E-state index is 0.0286. The average Bonchev–Trinajstić information content (AvgIpc) is 2.32. The van der Waals surface area contributed by atoms with E-state index in [2.05, 4.69) is 5.32 Å². The van der Waals surface area contributed by atoms with Crippen LogP contribution in [0.2, 0.25) is 0 Å². The summed E-state index contributed by atoms with van der Waals surface area (Å²) in [6.45, 7) is 4.30. The van der Waals surface area contributed by atoms with E-state index in [0.29, 0.717) is 12.1 Å². The molecule has 94 valence electrons. The largest absolute Gasteiger partial charge is 0.352 e. The molecule has 0 bridgehead atoms. The van der Waals surface area contributed by atoms with E-state index in [1.807, 2.05) is 13.8 Å². The molecule has 0 saturated heterocycles. The number of aryl methyl sites for hydroxylation is 1. The van der Waals surface area contributed by atoms with Crippen molar-refractivity contribution in [2.24, 2.45) is 13.0 Å². The van der Waals surface area contributed by atoms with Gasteiger partial charge in [0.2, 0.25) is 5.91 Å². The third-order valence-corrected chi connectivity index (χ3v) is 3.01. The number of carbonyl (C=O) groups excluding carboxylic acids is 1. The van der Waals surface area contributed by atoms with Crippen LogP contribution in [-0.2, 0) is 18.4 Å². The van der Waals surface area contributed by atoms with Crippen LogP contribution in [0.15, 0.2) is 23.1 Å². The Bertz CT molecular complexity index is 433. The van der Waals surface area contributed by atoms with Gasteiger partial charge in [-0.2, -0.15) is 0 Å². The lowest BCUT2D eigenvalue weighted by molar-refractivity contribution is -0.125. The standard InChI is InChI=1S/C13H20N2O2/c1-4-10(5-2)12(16)14-9-11-7-6-8-15(3)13(11)17/h6-8,10H,4-5,9H2,1-3H3,(H,14,16). The van der Waals surface area contributed by atoms with E-state index >= 15 is 0 Å². The van der Waals surface area contributed by atoms with Gasteiger partial charge >= 0.3 is 0 Å². The third-order valence-electron chi connectivity index (χ3n) is 3.01. The summed E-state index contributed by atoms with van der Waals surface area (Å²) < 4.78 is 1.51. The topological polar surface area (TPSA) is 51.1 Å². The first-order valence-corrected chi connectivity index (χ1v) is 6.02. The van der Waals surface area contributed by atoms with Gasteiger partial charge in [-0.3, -0.25) is 9.59 Å². The molecule has 1 N–H and O–H groups in total. The molecule has 4 heteroatoms. The Hall–Kier alpha value is -1.58. The van der Waals surface area contributed by atoms with Crippen molar-refractivity contribution in [3.63, 3.8) is 0 Å². The van der Waals surface area contributed by atoms with E-state index < -0.39 is 0 Å². The SMILES string of the molecule is CCC(CC)C(=O)NCc1cccn(C)c1=O. The number of nitrogens with zero attached hydrogens (tertiary/aromatic N) is 1. The number of nitrogens with one attached hydrogen (secondary N) is 1. The number of hydrogen-bond acceptors (Lipinski definition) is 2. The van der Waals surface area contributed by atoms with Crippen molar-refractivity contribution in [1.29, 1.82) is 0 Å². The zero-order chi connectivity index (χ0) is 12.8. The van der Waals surface area contributed by atoms with Crippen molar-refractivity contribution < 1.29 is 4.79 Å². The first kappa shape index (κ1) is 13.5. The van der Waals surface area contributed by atoms with Crippen molar-refractivity contribution in [3.8, 4) is 0 Å². The molecular weight excluding hydrogens is 216 g/mol. The molecule has 0 atom stereocenters. The Morgan fingerprint density at radius 1 is 1.41 bits per heavy atom. The summed E-state index contributed by atoms with van der Waals surface area (Å²) in [6.07, 6.45) is 3.36. The molecule has 0 spiro atoms. The smallest absolute Gasteiger partial charge is 0.255 e. The van der Waals surface area contributed by atoms with Crippen molar-refractivity contribution >= 4 is 5.91 Å². The molecule has 0 aromatic carbocycles. The van der Waals surface area contributed by atoms with E-state index in [1.165, 1.54) is 4.57 Å². The van der Waals surface area contributed by atoms with E-state index in [1.54, 1.807) is 25.4 Å². The van der Waals surface area contributed by atoms with Crippen LogP contribution in [0.3, 0.4) is 0 Å². The van der Waals surface area contributed by atoms with Crippen molar-refractivity contribution in [1.82, 2.24) is 9.88 Å². The summed E-state index contributed by atoms with van der Waals surface area (Å²) in [6, 6.07) is 3.55. The summed E-state index contributed by atoms with van der Waals surface area (Å²) in [5, 5.41) is 2.82. The van der Waals surface area contributed by atoms with E-state index in [-0.39, 0.29) is 17.4 Å². The number of aromatic nitrogens is 1. The van der Waals surface area contributed by atoms with Crippen LogP contribution in [0.5, 0.6) is 0 Å². The Labute approximate surface area is 102 Å². The fraction of sp³-hybridized carbons (Fsp3) is 0.538. The van der Waals surface area contributed by atoms with Crippen LogP contribution in [0.25, 0.3) is 0 Å². The van der Waals surface area contributed by atoms with Gasteiger partial charge < -0.3 is 9.88 Å². The van der Waals surface area contributed by atoms with Gasteiger partial charge in [0.05, 0.1) is 0 Å². The number of pyridine rings is 1. The fourth-order valence-corrected chi connectivity index (χ4v) is 1.77. The Morgan fingerprint density at radius 3 is 2.65 bits per heavy atom. The van der Waals surface area contributed by atoms with Crippen molar-refractivity contribution in [2.45, 2.75) is 33.2 Å². The highest BCUT2D eigenvalue weighted by Gasteiger charge is 2.13. The lowest BCUT2D eigenvalue weighted by Gasteiger charge is -2.12. The van der Waals surface area contributed by atoms with Crippen LogP contribution in [0.4, 0.5) is 0 Å². The van der Waals surface area contributed by atoms with Gasteiger partial charge in [0.15, 0.2) is 0 Å². The Balaban J connectivity index is 2.65. The molecule has 1 heterocycles. The van der Waals surface area contributed by atoms with Crippen LogP contribution in [0, 0.1) is 5.92 Å². The average molecular weight is 236 g/mol. The van der Waals surface area contributed by atoms with Gasteiger partial charge in [0, 0.05) is 31.3 Å². The minimum atomic E-state index is -0.0580. The van der Waals surface area contributed by atoms with E-state index in [4.69, 9.17) is 0 Å². The molecule has 1 aromatic rings. The predicted molar refractivity (Wildman–Crippen MR) is 67.6 cm³/mol. The maximum absolute atomic E-state index is 11.8. The second-order valence-electron chi connectivity index (χ2n) is 4.18. The van der Waals surface area contributed by atoms with E-state index in [9.17, 15) is 9.59 Å². The Kier molecular flexibility index (Phi) is 4.94. The first-order valence-electron chi connectivity index (χ1n) is 6.02. The molecule has 1 rings (SSSR count). The predicted octanol–water partition coefficient (Wildman–Crippen LogP) is 1.44. The highest BCUT2D eigenvalue weighted by molar-refractivity contribution is 5.78. The van der Waals surface area contributed by atoms with Gasteiger partial charge in [-0.15, -0.1) is 0 Å². The second kappa shape index (κ2) is 6.23. The van der Waals surface area contributed by atoms with Crippen LogP contribution in [0.1, 0.15) is 32.3 Å². The van der Waals surface area contributed by atoms with Crippen molar-refractivity contribution in [3.05, 3.63) is 34.2 Å². The number of hydrogen-bond donors (Lipinski definition) is 1. The zero-order valence-corrected chi connectivity index (χ0v) is 10.7. The summed E-state index contributed by atoms with van der Waals surface area (Å²) in [5.74, 6) is 0.0727. The van der Waals surface area contributed by atoms with Gasteiger partial charge in [-0.25, -0.2) is 0 Å². The van der Waals surface area contributed by atoms with Crippen LogP contribution >= 0.6 is 0 Å². The molecule has 17 heavy (non-hydrogen) atoms. The molecule has 0 radical (unpaired) electrons. The molecule has 0 saturated carbocycles. The van der Waals surface area contributed by atoms with E-state index in [0.717, 1.165) is 12.8 Å². The molecule has 0 fully saturated rings. The molecule has 0 aliphatic carbocycles. The summed E-state index contributed by atoms with van der Waals surface area (Å²) in [7, 11) is 1.70. The zero-order valence-electron chi connectivity index (χ0n) is 10.7. The molecule has 0 unspecified atom stereocenters. The Morgan fingerprint density at radius 2 is 2.06 bits per heavy atom. The molecule has 1 aromatic heterocycles. The van der Waals surface area contributed by atoms with Gasteiger partial charge in [-0.1, -0.05) is 19.9 Å². The normalized spacial score (nSPS) is 10.6. The van der Waals surface area contributed by atoms with Gasteiger partial charge in [0.1, 0.15) is 0 Å². The molecule has 4 nitrogen and oxygen atoms in total. The molecule has 0 aliphatic rings. The fourth-order valence-electron chi connectivity index (χ4n) is 1.77. The first-order chi connectivity index (χ1) is 8.10. The minimum Gasteiger partial charge on any atom is -0.352 e. The maximum atomic E-state index is 11.8. The van der Waals surface area contributed by atoms with Gasteiger partial charge in [-0.05, 0) is 18.9 Å². The van der Waals surface area contributed by atoms with Crippen LogP contribution < -0.4 is 10.9 Å². The summed E-state index contributed by atoms with van der Waals surface area (Å²) in [4.78, 5) is 23.5. The lowest BCUT2D eigenvalue weighted by atomic mass is 10.0. The quantitative estimate of drug-likeness (QED) is 0.841. The number of amides is 1. The third kappa shape index (κ3) is 3.44. The summed E-state index contributed by atoms with van der Waals surface area (Å²) >= 11 is 0. The molecule has 0 aliphatic heterocycles. The maximum Gasteiger partial charge on any atom is 0.255 e. The monoisotopic (exact) mass is 236 g/mol. The highest BCUT2D eigenvalue weighted by atomic mass is 16.2. The highest BCUT2D eigenvalue weighted by Crippen LogP contribution is 2.07. The van der Waals surface area contributed by atoms with Gasteiger partial charge in [0.25, 0.3) is 5.56 Å². The number of rotatable bonds is 5. The molecular formula is C13H20N2O2. The van der Waals surface area contributed by atoms with Crippen LogP contribution in [-0.4, -0.2) is 10.5 Å². The number of carbonyl (C=O) groups is 1. The molecule has 1 amide bonds. The summed E-state index contributed by atoms with van der Waals surface area (Å²) in [5.41, 5.74) is 0.562.